The van der Waals surface area contributed by atoms with Crippen LogP contribution in [0.25, 0.3) is 0 Å². The summed E-state index contributed by atoms with van der Waals surface area (Å²) in [6, 6.07) is 0. The molecule has 4 nitrogen and oxygen atoms in total. The lowest BCUT2D eigenvalue weighted by molar-refractivity contribution is -0.174. The van der Waals surface area contributed by atoms with Gasteiger partial charge in [0.05, 0.1) is 24.4 Å². The maximum absolute atomic E-state index is 11.9. The average Bonchev–Trinajstić information content (AvgIpc) is 2.70. The molecule has 0 radical (unpaired) electrons. The Hall–Kier alpha value is -1.37. The van der Waals surface area contributed by atoms with Gasteiger partial charge in [-0.2, -0.15) is 18.3 Å². The zero-order valence-corrected chi connectivity index (χ0v) is 11.0. The van der Waals surface area contributed by atoms with Crippen LogP contribution >= 0.6 is 0 Å². The van der Waals surface area contributed by atoms with Crippen molar-refractivity contribution in [3.8, 4) is 0 Å². The van der Waals surface area contributed by atoms with E-state index >= 15 is 0 Å². The van der Waals surface area contributed by atoms with Gasteiger partial charge < -0.3 is 4.74 Å². The number of aldehydes is 1. The molecule has 0 aliphatic carbocycles. The summed E-state index contributed by atoms with van der Waals surface area (Å²) in [5.74, 6) is 0. The van der Waals surface area contributed by atoms with Crippen molar-refractivity contribution in [2.75, 3.05) is 13.2 Å². The van der Waals surface area contributed by atoms with E-state index in [1.807, 2.05) is 13.8 Å². The lowest BCUT2D eigenvalue weighted by atomic mass is 10.1. The molecule has 0 amide bonds. The molecule has 0 fully saturated rings. The molecule has 0 spiro atoms. The van der Waals surface area contributed by atoms with Crippen molar-refractivity contribution >= 4 is 6.29 Å². The van der Waals surface area contributed by atoms with E-state index in [4.69, 9.17) is 0 Å². The smallest absolute Gasteiger partial charge is 0.370 e. The molecule has 1 aromatic rings. The predicted molar refractivity (Wildman–Crippen MR) is 63.2 cm³/mol. The molecule has 0 bridgehead atoms. The molecule has 7 heteroatoms. The maximum Gasteiger partial charge on any atom is 0.411 e. The van der Waals surface area contributed by atoms with Gasteiger partial charge in [0.15, 0.2) is 6.29 Å². The van der Waals surface area contributed by atoms with Gasteiger partial charge in [-0.15, -0.1) is 0 Å². The quantitative estimate of drug-likeness (QED) is 0.568. The third-order valence-electron chi connectivity index (χ3n) is 2.68. The number of halogens is 3. The summed E-state index contributed by atoms with van der Waals surface area (Å²) < 4.78 is 41.8. The van der Waals surface area contributed by atoms with Crippen molar-refractivity contribution in [2.45, 2.75) is 39.4 Å². The van der Waals surface area contributed by atoms with Crippen molar-refractivity contribution in [1.29, 1.82) is 0 Å². The lowest BCUT2D eigenvalue weighted by Gasteiger charge is -2.09. The zero-order valence-electron chi connectivity index (χ0n) is 11.0. The maximum atomic E-state index is 11.9. The summed E-state index contributed by atoms with van der Waals surface area (Å²) in [4.78, 5) is 11.0. The number of carbonyl (C=O) groups is 1. The van der Waals surface area contributed by atoms with Crippen LogP contribution in [0.4, 0.5) is 13.2 Å². The van der Waals surface area contributed by atoms with Crippen LogP contribution < -0.4 is 0 Å². The van der Waals surface area contributed by atoms with Gasteiger partial charge in [0, 0.05) is 5.69 Å². The minimum atomic E-state index is -4.32. The second-order valence-electron chi connectivity index (χ2n) is 4.02. The molecule has 0 aromatic carbocycles. The first kappa shape index (κ1) is 15.7. The Morgan fingerprint density at radius 2 is 2.00 bits per heavy atom. The number of rotatable bonds is 7. The third-order valence-corrected chi connectivity index (χ3v) is 2.68. The highest BCUT2D eigenvalue weighted by molar-refractivity contribution is 5.78. The second-order valence-corrected chi connectivity index (χ2v) is 4.02. The largest absolute Gasteiger partial charge is 0.411 e. The first-order chi connectivity index (χ1) is 8.92. The summed E-state index contributed by atoms with van der Waals surface area (Å²) in [5.41, 5.74) is 1.95. The van der Waals surface area contributed by atoms with Gasteiger partial charge >= 0.3 is 6.18 Å². The highest BCUT2D eigenvalue weighted by atomic mass is 19.4. The van der Waals surface area contributed by atoms with Crippen LogP contribution in [0.2, 0.25) is 0 Å². The van der Waals surface area contributed by atoms with E-state index in [9.17, 15) is 18.0 Å². The summed E-state index contributed by atoms with van der Waals surface area (Å²) in [7, 11) is 0. The van der Waals surface area contributed by atoms with E-state index in [2.05, 4.69) is 9.84 Å². The summed E-state index contributed by atoms with van der Waals surface area (Å²) in [6.45, 7) is 2.60. The predicted octanol–water partition coefficient (Wildman–Crippen LogP) is 2.40. The van der Waals surface area contributed by atoms with Crippen LogP contribution in [0, 0.1) is 0 Å². The first-order valence-corrected chi connectivity index (χ1v) is 6.11. The van der Waals surface area contributed by atoms with Crippen molar-refractivity contribution < 1.29 is 22.7 Å². The van der Waals surface area contributed by atoms with Gasteiger partial charge in [-0.25, -0.2) is 0 Å². The molecular weight excluding hydrogens is 261 g/mol. The standard InChI is InChI=1S/C12H17F3N2O2/c1-3-10-9(7-18)11(4-2)17(16-10)5-6-19-8-12(13,14)15/h7H,3-6,8H2,1-2H3. The highest BCUT2D eigenvalue weighted by Gasteiger charge is 2.27. The topological polar surface area (TPSA) is 44.1 Å². The van der Waals surface area contributed by atoms with Crippen molar-refractivity contribution in [3.63, 3.8) is 0 Å². The van der Waals surface area contributed by atoms with Crippen molar-refractivity contribution in [1.82, 2.24) is 9.78 Å². The Morgan fingerprint density at radius 3 is 2.47 bits per heavy atom. The number of hydrogen-bond acceptors (Lipinski definition) is 3. The van der Waals surface area contributed by atoms with Crippen LogP contribution in [0.15, 0.2) is 0 Å². The van der Waals surface area contributed by atoms with E-state index in [1.54, 1.807) is 4.68 Å². The highest BCUT2D eigenvalue weighted by Crippen LogP contribution is 2.16. The van der Waals surface area contributed by atoms with E-state index in [0.717, 1.165) is 12.0 Å². The van der Waals surface area contributed by atoms with Crippen LogP contribution in [0.5, 0.6) is 0 Å². The summed E-state index contributed by atoms with van der Waals surface area (Å²) in [6.07, 6.45) is -2.37. The van der Waals surface area contributed by atoms with Gasteiger partial charge in [-0.3, -0.25) is 9.48 Å². The number of ether oxygens (including phenoxy) is 1. The Bertz CT molecular complexity index is 427. The average molecular weight is 278 g/mol. The Kier molecular flexibility index (Phi) is 5.53. The molecule has 1 heterocycles. The minimum Gasteiger partial charge on any atom is -0.370 e. The Morgan fingerprint density at radius 1 is 1.32 bits per heavy atom. The zero-order chi connectivity index (χ0) is 14.5. The lowest BCUT2D eigenvalue weighted by Crippen LogP contribution is -2.19. The number of alkyl halides is 3. The molecule has 0 unspecified atom stereocenters. The van der Waals surface area contributed by atoms with E-state index in [0.29, 0.717) is 24.1 Å². The fourth-order valence-corrected chi connectivity index (χ4v) is 1.86. The Balaban J connectivity index is 2.68. The molecule has 0 atom stereocenters. The fraction of sp³-hybridized carbons (Fsp3) is 0.667. The normalized spacial score (nSPS) is 11.8. The molecule has 0 saturated heterocycles. The van der Waals surface area contributed by atoms with Gasteiger partial charge in [0.1, 0.15) is 6.61 Å². The van der Waals surface area contributed by atoms with Crippen LogP contribution in [-0.2, 0) is 24.1 Å². The van der Waals surface area contributed by atoms with E-state index < -0.39 is 12.8 Å². The van der Waals surface area contributed by atoms with Crippen LogP contribution in [0.1, 0.15) is 35.6 Å². The van der Waals surface area contributed by atoms with E-state index in [-0.39, 0.29) is 13.2 Å². The van der Waals surface area contributed by atoms with Gasteiger partial charge in [0.25, 0.3) is 0 Å². The van der Waals surface area contributed by atoms with Gasteiger partial charge in [-0.1, -0.05) is 13.8 Å². The summed E-state index contributed by atoms with van der Waals surface area (Å²) in [5, 5.41) is 4.23. The molecule has 0 saturated carbocycles. The molecular formula is C12H17F3N2O2. The van der Waals surface area contributed by atoms with Crippen LogP contribution in [-0.4, -0.2) is 35.5 Å². The second kappa shape index (κ2) is 6.70. The Labute approximate surface area is 109 Å². The first-order valence-electron chi connectivity index (χ1n) is 6.11. The molecule has 19 heavy (non-hydrogen) atoms. The van der Waals surface area contributed by atoms with Crippen molar-refractivity contribution in [3.05, 3.63) is 17.0 Å². The van der Waals surface area contributed by atoms with E-state index in [1.165, 1.54) is 0 Å². The fourth-order valence-electron chi connectivity index (χ4n) is 1.86. The number of aryl methyl sites for hydroxylation is 1. The molecule has 1 aromatic heterocycles. The van der Waals surface area contributed by atoms with Crippen molar-refractivity contribution in [2.24, 2.45) is 0 Å². The van der Waals surface area contributed by atoms with Gasteiger partial charge in [-0.05, 0) is 12.8 Å². The minimum absolute atomic E-state index is 0.0877. The molecule has 108 valence electrons. The molecule has 0 aliphatic rings. The monoisotopic (exact) mass is 278 g/mol. The molecule has 0 N–H and O–H groups in total. The van der Waals surface area contributed by atoms with Crippen LogP contribution in [0.3, 0.4) is 0 Å². The number of carbonyl (C=O) groups excluding carboxylic acids is 1. The third kappa shape index (κ3) is 4.34. The number of aromatic nitrogens is 2. The SMILES string of the molecule is CCc1nn(CCOCC(F)(F)F)c(CC)c1C=O. The van der Waals surface area contributed by atoms with Gasteiger partial charge in [0.2, 0.25) is 0 Å². The molecule has 0 aliphatic heterocycles. The number of hydrogen-bond donors (Lipinski definition) is 0. The summed E-state index contributed by atoms with van der Waals surface area (Å²) >= 11 is 0. The number of nitrogens with zero attached hydrogens (tertiary/aromatic N) is 2. The molecule has 1 rings (SSSR count).